The number of rotatable bonds is 5. The van der Waals surface area contributed by atoms with Crippen molar-refractivity contribution in [2.24, 2.45) is 0 Å². The van der Waals surface area contributed by atoms with Crippen molar-refractivity contribution >= 4 is 17.6 Å². The molecule has 2 aromatic carbocycles. The molecule has 0 unspecified atom stereocenters. The number of para-hydroxylation sites is 1. The van der Waals surface area contributed by atoms with Gasteiger partial charge in [0.05, 0.1) is 0 Å². The number of anilines is 1. The maximum Gasteiger partial charge on any atom is 0.363 e. The van der Waals surface area contributed by atoms with Crippen LogP contribution in [-0.4, -0.2) is 28.3 Å². The van der Waals surface area contributed by atoms with Crippen molar-refractivity contribution in [3.63, 3.8) is 0 Å². The summed E-state index contributed by atoms with van der Waals surface area (Å²) in [5, 5.41) is 6.51. The van der Waals surface area contributed by atoms with Gasteiger partial charge in [0.15, 0.2) is 6.61 Å². The van der Waals surface area contributed by atoms with E-state index in [-0.39, 0.29) is 5.69 Å². The Kier molecular flexibility index (Phi) is 5.82. The number of aromatic nitrogens is 2. The Morgan fingerprint density at radius 3 is 2.48 bits per heavy atom. The van der Waals surface area contributed by atoms with Crippen LogP contribution in [0.2, 0.25) is 0 Å². The van der Waals surface area contributed by atoms with Gasteiger partial charge in [0.1, 0.15) is 11.5 Å². The summed E-state index contributed by atoms with van der Waals surface area (Å²) < 4.78 is 20.1. The molecule has 1 N–H and O–H groups in total. The van der Waals surface area contributed by atoms with Crippen LogP contribution in [0.1, 0.15) is 21.7 Å². The number of nitrogens with zero attached hydrogens (tertiary/aromatic N) is 2. The molecular formula is C21H18FN3O4. The number of amides is 1. The fraction of sp³-hybridized carbons (Fsp3) is 0.143. The summed E-state index contributed by atoms with van der Waals surface area (Å²) in [7, 11) is 0. The number of carbonyl (C=O) groups excluding carboxylic acids is 2. The van der Waals surface area contributed by atoms with Gasteiger partial charge in [0.2, 0.25) is 11.1 Å². The lowest BCUT2D eigenvalue weighted by Crippen LogP contribution is -2.27. The minimum Gasteiger partial charge on any atom is -0.451 e. The lowest BCUT2D eigenvalue weighted by molar-refractivity contribution is -0.119. The number of hydrogen-bond donors (Lipinski definition) is 1. The standard InChI is InChI=1S/C21H18FN3O4/c1-13-7-9-15(10-8-13)23-19(27)12-29-21(28)20-18(26)11-14(2)25(24-20)17-6-4-3-5-16(17)22/h3-11H,12H2,1-2H3,(H,23,27). The first kappa shape index (κ1) is 19.9. The van der Waals surface area contributed by atoms with Crippen molar-refractivity contribution in [3.8, 4) is 5.69 Å². The fourth-order valence-corrected chi connectivity index (χ4v) is 2.59. The molecule has 0 aliphatic heterocycles. The van der Waals surface area contributed by atoms with E-state index < -0.39 is 35.4 Å². The summed E-state index contributed by atoms with van der Waals surface area (Å²) in [5.74, 6) is -2.20. The average molecular weight is 395 g/mol. The summed E-state index contributed by atoms with van der Waals surface area (Å²) in [6.45, 7) is 2.88. The molecule has 0 radical (unpaired) electrons. The van der Waals surface area contributed by atoms with Crippen LogP contribution in [0.3, 0.4) is 0 Å². The SMILES string of the molecule is Cc1ccc(NC(=O)COC(=O)c2nn(-c3ccccc3F)c(C)cc2=O)cc1. The van der Waals surface area contributed by atoms with Crippen LogP contribution >= 0.6 is 0 Å². The lowest BCUT2D eigenvalue weighted by atomic mass is 10.2. The molecule has 0 aliphatic rings. The molecule has 1 heterocycles. The Morgan fingerprint density at radius 2 is 1.79 bits per heavy atom. The van der Waals surface area contributed by atoms with E-state index in [2.05, 4.69) is 10.4 Å². The van der Waals surface area contributed by atoms with Gasteiger partial charge >= 0.3 is 5.97 Å². The number of ether oxygens (including phenoxy) is 1. The third kappa shape index (κ3) is 4.73. The average Bonchev–Trinajstić information content (AvgIpc) is 2.69. The number of hydrogen-bond acceptors (Lipinski definition) is 5. The van der Waals surface area contributed by atoms with Crippen LogP contribution < -0.4 is 10.7 Å². The molecule has 0 saturated carbocycles. The van der Waals surface area contributed by atoms with Gasteiger partial charge in [-0.25, -0.2) is 13.9 Å². The summed E-state index contributed by atoms with van der Waals surface area (Å²) in [5.41, 5.74) is 0.781. The predicted octanol–water partition coefficient (Wildman–Crippen LogP) is 2.78. The van der Waals surface area contributed by atoms with Crippen LogP contribution in [-0.2, 0) is 9.53 Å². The Morgan fingerprint density at radius 1 is 1.10 bits per heavy atom. The number of halogens is 1. The molecule has 0 fully saturated rings. The monoisotopic (exact) mass is 395 g/mol. The molecule has 8 heteroatoms. The van der Waals surface area contributed by atoms with Gasteiger partial charge < -0.3 is 10.1 Å². The molecule has 7 nitrogen and oxygen atoms in total. The second-order valence-corrected chi connectivity index (χ2v) is 6.35. The third-order valence-corrected chi connectivity index (χ3v) is 4.05. The van der Waals surface area contributed by atoms with Crippen LogP contribution in [0.25, 0.3) is 5.69 Å². The summed E-state index contributed by atoms with van der Waals surface area (Å²) in [4.78, 5) is 36.4. The number of nitrogens with one attached hydrogen (secondary N) is 1. The van der Waals surface area contributed by atoms with E-state index in [1.54, 1.807) is 25.1 Å². The second-order valence-electron chi connectivity index (χ2n) is 6.35. The molecule has 0 atom stereocenters. The molecule has 0 aliphatic carbocycles. The third-order valence-electron chi connectivity index (χ3n) is 4.05. The van der Waals surface area contributed by atoms with Gasteiger partial charge in [-0.1, -0.05) is 29.8 Å². The van der Waals surface area contributed by atoms with E-state index in [0.717, 1.165) is 16.3 Å². The first-order chi connectivity index (χ1) is 13.8. The lowest BCUT2D eigenvalue weighted by Gasteiger charge is -2.12. The van der Waals surface area contributed by atoms with Gasteiger partial charge in [-0.05, 0) is 38.1 Å². The van der Waals surface area contributed by atoms with Gasteiger partial charge in [-0.15, -0.1) is 0 Å². The quantitative estimate of drug-likeness (QED) is 0.671. The molecule has 3 rings (SSSR count). The Bertz CT molecular complexity index is 1120. The molecule has 0 spiro atoms. The smallest absolute Gasteiger partial charge is 0.363 e. The van der Waals surface area contributed by atoms with Crippen molar-refractivity contribution in [1.82, 2.24) is 9.78 Å². The second kappa shape index (κ2) is 8.47. The van der Waals surface area contributed by atoms with Gasteiger partial charge in [-0.2, -0.15) is 5.10 Å². The Balaban J connectivity index is 1.74. The first-order valence-corrected chi connectivity index (χ1v) is 8.74. The van der Waals surface area contributed by atoms with Crippen LogP contribution in [0, 0.1) is 19.7 Å². The minimum absolute atomic E-state index is 0.0798. The van der Waals surface area contributed by atoms with E-state index in [4.69, 9.17) is 4.74 Å². The zero-order valence-corrected chi connectivity index (χ0v) is 15.8. The maximum absolute atomic E-state index is 14.1. The van der Waals surface area contributed by atoms with Crippen LogP contribution in [0.4, 0.5) is 10.1 Å². The van der Waals surface area contributed by atoms with Crippen LogP contribution in [0.5, 0.6) is 0 Å². The summed E-state index contributed by atoms with van der Waals surface area (Å²) in [6.07, 6.45) is 0. The highest BCUT2D eigenvalue weighted by Crippen LogP contribution is 2.13. The molecule has 3 aromatic rings. The van der Waals surface area contributed by atoms with Gasteiger partial charge in [0.25, 0.3) is 5.91 Å². The molecular weight excluding hydrogens is 377 g/mol. The molecule has 29 heavy (non-hydrogen) atoms. The van der Waals surface area contributed by atoms with Gasteiger partial charge in [-0.3, -0.25) is 9.59 Å². The van der Waals surface area contributed by atoms with Crippen molar-refractivity contribution < 1.29 is 18.7 Å². The number of benzene rings is 2. The molecule has 0 saturated heterocycles. The number of esters is 1. The highest BCUT2D eigenvalue weighted by molar-refractivity contribution is 5.94. The van der Waals surface area contributed by atoms with E-state index >= 15 is 0 Å². The first-order valence-electron chi connectivity index (χ1n) is 8.74. The van der Waals surface area contributed by atoms with Gasteiger partial charge in [0, 0.05) is 17.4 Å². The molecule has 0 bridgehead atoms. The molecule has 148 valence electrons. The van der Waals surface area contributed by atoms with Crippen molar-refractivity contribution in [3.05, 3.63) is 87.6 Å². The minimum atomic E-state index is -1.07. The van der Waals surface area contributed by atoms with E-state index in [0.29, 0.717) is 11.4 Å². The Hall–Kier alpha value is -3.81. The summed E-state index contributed by atoms with van der Waals surface area (Å²) in [6, 6.07) is 14.0. The van der Waals surface area contributed by atoms with Crippen molar-refractivity contribution in [1.29, 1.82) is 0 Å². The van der Waals surface area contributed by atoms with E-state index in [1.165, 1.54) is 18.2 Å². The maximum atomic E-state index is 14.1. The normalized spacial score (nSPS) is 10.4. The zero-order valence-electron chi connectivity index (χ0n) is 15.8. The zero-order chi connectivity index (χ0) is 21.0. The number of aryl methyl sites for hydroxylation is 2. The van der Waals surface area contributed by atoms with Crippen LogP contribution in [0.15, 0.2) is 59.4 Å². The predicted molar refractivity (Wildman–Crippen MR) is 105 cm³/mol. The number of carbonyl (C=O) groups is 2. The van der Waals surface area contributed by atoms with E-state index in [9.17, 15) is 18.8 Å². The summed E-state index contributed by atoms with van der Waals surface area (Å²) >= 11 is 0. The topological polar surface area (TPSA) is 90.3 Å². The Labute approximate surface area is 165 Å². The highest BCUT2D eigenvalue weighted by atomic mass is 19.1. The van der Waals surface area contributed by atoms with Crippen molar-refractivity contribution in [2.75, 3.05) is 11.9 Å². The molecule has 1 aromatic heterocycles. The fourth-order valence-electron chi connectivity index (χ4n) is 2.59. The van der Waals surface area contributed by atoms with Crippen molar-refractivity contribution in [2.45, 2.75) is 13.8 Å². The van der Waals surface area contributed by atoms with E-state index in [1.807, 2.05) is 19.1 Å². The molecule has 1 amide bonds. The largest absolute Gasteiger partial charge is 0.451 e. The highest BCUT2D eigenvalue weighted by Gasteiger charge is 2.19.